The second-order valence-corrected chi connectivity index (χ2v) is 6.61. The van der Waals surface area contributed by atoms with Crippen molar-refractivity contribution in [3.05, 3.63) is 59.8 Å². The van der Waals surface area contributed by atoms with Crippen LogP contribution in [0.25, 0.3) is 11.4 Å². The van der Waals surface area contributed by atoms with Gasteiger partial charge in [0.05, 0.1) is 5.56 Å². The number of hydrogen-bond acceptors (Lipinski definition) is 6. The molecule has 2 rings (SSSR count). The minimum atomic E-state index is -0.919. The highest BCUT2D eigenvalue weighted by atomic mass is 19.1. The van der Waals surface area contributed by atoms with E-state index in [1.54, 1.807) is 6.08 Å². The van der Waals surface area contributed by atoms with Gasteiger partial charge in [0.2, 0.25) is 5.91 Å². The Hall–Kier alpha value is -3.82. The van der Waals surface area contributed by atoms with E-state index in [1.165, 1.54) is 13.0 Å². The van der Waals surface area contributed by atoms with Gasteiger partial charge < -0.3 is 21.5 Å². The zero-order valence-electron chi connectivity index (χ0n) is 17.1. The number of allylic oxidation sites excluding steroid dienone is 1. The first-order valence-corrected chi connectivity index (χ1v) is 9.33. The van der Waals surface area contributed by atoms with Crippen LogP contribution in [0.15, 0.2) is 42.5 Å². The zero-order valence-corrected chi connectivity index (χ0v) is 17.1. The number of primary amides is 2. The Balaban J connectivity index is 2.38. The molecule has 0 aliphatic heterocycles. The van der Waals surface area contributed by atoms with Gasteiger partial charge in [-0.2, -0.15) is 0 Å². The van der Waals surface area contributed by atoms with Crippen molar-refractivity contribution in [2.24, 2.45) is 11.5 Å². The van der Waals surface area contributed by atoms with Crippen LogP contribution < -0.4 is 21.5 Å². The number of carbonyl (C=O) groups excluding carboxylic acids is 2. The van der Waals surface area contributed by atoms with Crippen molar-refractivity contribution in [1.82, 2.24) is 9.97 Å². The van der Waals surface area contributed by atoms with Gasteiger partial charge in [0, 0.05) is 12.1 Å². The number of benzene rings is 1. The highest BCUT2D eigenvalue weighted by Gasteiger charge is 2.19. The molecule has 2 amide bonds. The number of anilines is 1. The molecule has 0 aliphatic carbocycles. The standard InChI is InChI=1S/C21H23F2N5O3/c1-4-5-6-11(2)10-31-17-8-14(22)13(7-15(17)23)21-27-16(20(25)30)9-18(28-21)26-12(3)19(24)29/h5-9,12H,2,4,10H2,1,3H3,(H2,24,29)(H2,25,30)(H,26,27,28). The van der Waals surface area contributed by atoms with E-state index in [0.29, 0.717) is 5.57 Å². The largest absolute Gasteiger partial charge is 0.486 e. The van der Waals surface area contributed by atoms with Crippen LogP contribution in [0.3, 0.4) is 0 Å². The van der Waals surface area contributed by atoms with Crippen LogP contribution in [0.1, 0.15) is 30.8 Å². The molecule has 0 radical (unpaired) electrons. The Morgan fingerprint density at radius 2 is 1.94 bits per heavy atom. The van der Waals surface area contributed by atoms with Gasteiger partial charge >= 0.3 is 0 Å². The maximum Gasteiger partial charge on any atom is 0.267 e. The summed E-state index contributed by atoms with van der Waals surface area (Å²) in [5, 5.41) is 2.65. The van der Waals surface area contributed by atoms with Crippen molar-refractivity contribution in [2.45, 2.75) is 26.3 Å². The Morgan fingerprint density at radius 1 is 1.23 bits per heavy atom. The van der Waals surface area contributed by atoms with Gasteiger partial charge in [0.15, 0.2) is 17.4 Å². The summed E-state index contributed by atoms with van der Waals surface area (Å²) < 4.78 is 34.5. The number of carbonyl (C=O) groups is 2. The molecular weight excluding hydrogens is 408 g/mol. The van der Waals surface area contributed by atoms with E-state index in [4.69, 9.17) is 16.2 Å². The second-order valence-electron chi connectivity index (χ2n) is 6.61. The molecule has 0 bridgehead atoms. The monoisotopic (exact) mass is 431 g/mol. The zero-order chi connectivity index (χ0) is 23.1. The number of ether oxygens (including phenoxy) is 1. The van der Waals surface area contributed by atoms with Crippen LogP contribution >= 0.6 is 0 Å². The van der Waals surface area contributed by atoms with E-state index in [2.05, 4.69) is 21.9 Å². The first kappa shape index (κ1) is 23.5. The maximum absolute atomic E-state index is 14.7. The SMILES string of the molecule is C=C(C=CCC)COc1cc(F)c(-c2nc(NC(C)C(N)=O)cc(C(N)=O)n2)cc1F. The average Bonchev–Trinajstić information content (AvgIpc) is 2.72. The number of nitrogens with two attached hydrogens (primary N) is 2. The van der Waals surface area contributed by atoms with Crippen molar-refractivity contribution in [3.63, 3.8) is 0 Å². The van der Waals surface area contributed by atoms with Crippen LogP contribution in [0.2, 0.25) is 0 Å². The summed E-state index contributed by atoms with van der Waals surface area (Å²) >= 11 is 0. The quantitative estimate of drug-likeness (QED) is 0.495. The molecule has 0 aliphatic rings. The van der Waals surface area contributed by atoms with Crippen molar-refractivity contribution < 1.29 is 23.1 Å². The highest BCUT2D eigenvalue weighted by Crippen LogP contribution is 2.28. The molecular formula is C21H23F2N5O3. The molecule has 1 atom stereocenters. The molecule has 0 fully saturated rings. The molecule has 5 N–H and O–H groups in total. The van der Waals surface area contributed by atoms with E-state index in [9.17, 15) is 18.4 Å². The number of amides is 2. The predicted molar refractivity (Wildman–Crippen MR) is 112 cm³/mol. The van der Waals surface area contributed by atoms with Crippen LogP contribution in [0, 0.1) is 11.6 Å². The van der Waals surface area contributed by atoms with Crippen LogP contribution in [0.5, 0.6) is 5.75 Å². The van der Waals surface area contributed by atoms with Crippen LogP contribution in [-0.4, -0.2) is 34.4 Å². The first-order valence-electron chi connectivity index (χ1n) is 9.33. The first-order chi connectivity index (χ1) is 14.6. The van der Waals surface area contributed by atoms with Crippen molar-refractivity contribution >= 4 is 17.6 Å². The summed E-state index contributed by atoms with van der Waals surface area (Å²) in [4.78, 5) is 30.8. The average molecular weight is 431 g/mol. The predicted octanol–water partition coefficient (Wildman–Crippen LogP) is 2.71. The number of rotatable bonds is 10. The number of nitrogens with one attached hydrogen (secondary N) is 1. The van der Waals surface area contributed by atoms with Crippen molar-refractivity contribution in [3.8, 4) is 17.1 Å². The molecule has 2 aromatic rings. The number of nitrogens with zero attached hydrogens (tertiary/aromatic N) is 2. The van der Waals surface area contributed by atoms with Gasteiger partial charge in [0.25, 0.3) is 5.91 Å². The molecule has 0 saturated heterocycles. The lowest BCUT2D eigenvalue weighted by molar-refractivity contribution is -0.118. The lowest BCUT2D eigenvalue weighted by atomic mass is 10.1. The lowest BCUT2D eigenvalue weighted by Crippen LogP contribution is -2.33. The molecule has 1 heterocycles. The van der Waals surface area contributed by atoms with Gasteiger partial charge in [-0.05, 0) is 25.0 Å². The Morgan fingerprint density at radius 3 is 2.55 bits per heavy atom. The molecule has 164 valence electrons. The summed E-state index contributed by atoms with van der Waals surface area (Å²) in [5.74, 6) is -4.00. The van der Waals surface area contributed by atoms with Gasteiger partial charge in [-0.1, -0.05) is 25.7 Å². The van der Waals surface area contributed by atoms with Crippen molar-refractivity contribution in [1.29, 1.82) is 0 Å². The third kappa shape index (κ3) is 6.33. The topological polar surface area (TPSA) is 133 Å². The van der Waals surface area contributed by atoms with E-state index in [0.717, 1.165) is 18.6 Å². The van der Waals surface area contributed by atoms with Gasteiger partial charge in [-0.15, -0.1) is 0 Å². The van der Waals surface area contributed by atoms with Crippen molar-refractivity contribution in [2.75, 3.05) is 11.9 Å². The molecule has 1 aromatic heterocycles. The Labute approximate surface area is 178 Å². The fourth-order valence-corrected chi connectivity index (χ4v) is 2.37. The number of aromatic nitrogens is 2. The summed E-state index contributed by atoms with van der Waals surface area (Å²) in [6.45, 7) is 7.15. The maximum atomic E-state index is 14.7. The normalized spacial score (nSPS) is 11.9. The molecule has 10 heteroatoms. The van der Waals surface area contributed by atoms with E-state index in [1.807, 2.05) is 13.0 Å². The summed E-state index contributed by atoms with van der Waals surface area (Å²) in [5.41, 5.74) is 10.5. The fourth-order valence-electron chi connectivity index (χ4n) is 2.37. The van der Waals surface area contributed by atoms with Crippen LogP contribution in [0.4, 0.5) is 14.6 Å². The molecule has 1 aromatic carbocycles. The van der Waals surface area contributed by atoms with E-state index >= 15 is 0 Å². The Kier molecular flexibility index (Phi) is 7.78. The van der Waals surface area contributed by atoms with E-state index in [-0.39, 0.29) is 35.3 Å². The smallest absolute Gasteiger partial charge is 0.267 e. The van der Waals surface area contributed by atoms with E-state index < -0.39 is 29.5 Å². The van der Waals surface area contributed by atoms with Gasteiger partial charge in [0.1, 0.15) is 30.0 Å². The highest BCUT2D eigenvalue weighted by molar-refractivity contribution is 5.92. The lowest BCUT2D eigenvalue weighted by Gasteiger charge is -2.14. The van der Waals surface area contributed by atoms with Gasteiger partial charge in [-0.3, -0.25) is 9.59 Å². The number of hydrogen-bond donors (Lipinski definition) is 3. The molecule has 31 heavy (non-hydrogen) atoms. The minimum Gasteiger partial charge on any atom is -0.486 e. The molecule has 0 saturated carbocycles. The third-order valence-electron chi connectivity index (χ3n) is 4.03. The summed E-state index contributed by atoms with van der Waals surface area (Å²) in [6.07, 6.45) is 4.39. The van der Waals surface area contributed by atoms with Gasteiger partial charge in [-0.25, -0.2) is 18.7 Å². The molecule has 8 nitrogen and oxygen atoms in total. The summed E-state index contributed by atoms with van der Waals surface area (Å²) in [7, 11) is 0. The third-order valence-corrected chi connectivity index (χ3v) is 4.03. The number of halogens is 2. The fraction of sp³-hybridized carbons (Fsp3) is 0.238. The van der Waals surface area contributed by atoms with Crippen LogP contribution in [-0.2, 0) is 4.79 Å². The molecule has 0 spiro atoms. The second kappa shape index (κ2) is 10.3. The summed E-state index contributed by atoms with van der Waals surface area (Å²) in [6, 6.07) is 2.01. The molecule has 1 unspecified atom stereocenters. The minimum absolute atomic E-state index is 0.00996. The Bertz CT molecular complexity index is 1040.